The number of amides is 1. The number of hydrogen-bond acceptors (Lipinski definition) is 2. The van der Waals surface area contributed by atoms with E-state index in [1.807, 2.05) is 7.05 Å². The molecule has 0 heterocycles. The van der Waals surface area contributed by atoms with Crippen LogP contribution in [0.25, 0.3) is 0 Å². The zero-order valence-electron chi connectivity index (χ0n) is 8.84. The summed E-state index contributed by atoms with van der Waals surface area (Å²) in [7, 11) is 1.86. The lowest BCUT2D eigenvalue weighted by atomic mass is 10.1. The number of rotatable bonds is 4. The van der Waals surface area contributed by atoms with Crippen molar-refractivity contribution < 1.29 is 4.79 Å². The summed E-state index contributed by atoms with van der Waals surface area (Å²) >= 11 is 0. The molecule has 0 aromatic carbocycles. The van der Waals surface area contributed by atoms with Crippen molar-refractivity contribution in [2.75, 3.05) is 7.05 Å². The maximum atomic E-state index is 11.7. The molecule has 0 aliphatic heterocycles. The van der Waals surface area contributed by atoms with Gasteiger partial charge in [0.25, 0.3) is 0 Å². The average molecular weight is 184 g/mol. The van der Waals surface area contributed by atoms with E-state index in [1.165, 1.54) is 0 Å². The second-order valence-electron chi connectivity index (χ2n) is 4.21. The first-order chi connectivity index (χ1) is 6.01. The van der Waals surface area contributed by atoms with Crippen LogP contribution in [0.15, 0.2) is 0 Å². The van der Waals surface area contributed by atoms with Crippen molar-refractivity contribution in [2.45, 2.75) is 51.1 Å². The van der Waals surface area contributed by atoms with Gasteiger partial charge in [0, 0.05) is 13.1 Å². The van der Waals surface area contributed by atoms with E-state index < -0.39 is 5.54 Å². The Morgan fingerprint density at radius 2 is 2.15 bits per heavy atom. The zero-order valence-corrected chi connectivity index (χ0v) is 8.84. The predicted molar refractivity (Wildman–Crippen MR) is 53.3 cm³/mol. The Kier molecular flexibility index (Phi) is 2.96. The van der Waals surface area contributed by atoms with Crippen LogP contribution in [-0.2, 0) is 4.79 Å². The van der Waals surface area contributed by atoms with Gasteiger partial charge in [-0.2, -0.15) is 0 Å². The van der Waals surface area contributed by atoms with Gasteiger partial charge in [-0.3, -0.25) is 4.79 Å². The van der Waals surface area contributed by atoms with E-state index in [1.54, 1.807) is 4.90 Å². The van der Waals surface area contributed by atoms with E-state index >= 15 is 0 Å². The summed E-state index contributed by atoms with van der Waals surface area (Å²) in [4.78, 5) is 13.5. The molecule has 0 aromatic heterocycles. The predicted octanol–water partition coefficient (Wildman–Crippen LogP) is 1.12. The lowest BCUT2D eigenvalue weighted by molar-refractivity contribution is -0.134. The number of hydrogen-bond donors (Lipinski definition) is 1. The number of likely N-dealkylation sites (N-methyl/N-ethyl adjacent to an activating group) is 1. The third-order valence-electron chi connectivity index (χ3n) is 2.90. The lowest BCUT2D eigenvalue weighted by Crippen LogP contribution is -2.47. The van der Waals surface area contributed by atoms with E-state index in [4.69, 9.17) is 5.73 Å². The maximum Gasteiger partial charge on any atom is 0.242 e. The summed E-state index contributed by atoms with van der Waals surface area (Å²) in [5, 5.41) is 0. The first kappa shape index (κ1) is 10.5. The van der Waals surface area contributed by atoms with Gasteiger partial charge in [0.2, 0.25) is 5.91 Å². The molecule has 0 saturated heterocycles. The normalized spacial score (nSPS) is 20.9. The highest BCUT2D eigenvalue weighted by molar-refractivity contribution is 5.89. The molecule has 0 bridgehead atoms. The van der Waals surface area contributed by atoms with Crippen LogP contribution >= 0.6 is 0 Å². The molecule has 1 unspecified atom stereocenters. The SMILES string of the molecule is CCCC(C)N(C)C(=O)C1(N)CC1. The molecule has 1 aliphatic carbocycles. The highest BCUT2D eigenvalue weighted by Gasteiger charge is 2.47. The van der Waals surface area contributed by atoms with Crippen molar-refractivity contribution in [3.63, 3.8) is 0 Å². The van der Waals surface area contributed by atoms with Crippen LogP contribution in [-0.4, -0.2) is 29.4 Å². The summed E-state index contributed by atoms with van der Waals surface area (Å²) in [6.45, 7) is 4.21. The summed E-state index contributed by atoms with van der Waals surface area (Å²) < 4.78 is 0. The molecular weight excluding hydrogens is 164 g/mol. The van der Waals surface area contributed by atoms with E-state index in [9.17, 15) is 4.79 Å². The fourth-order valence-corrected chi connectivity index (χ4v) is 1.51. The molecule has 76 valence electrons. The number of carbonyl (C=O) groups is 1. The third-order valence-corrected chi connectivity index (χ3v) is 2.90. The quantitative estimate of drug-likeness (QED) is 0.711. The second kappa shape index (κ2) is 3.66. The third kappa shape index (κ3) is 2.21. The van der Waals surface area contributed by atoms with Gasteiger partial charge in [-0.1, -0.05) is 13.3 Å². The monoisotopic (exact) mass is 184 g/mol. The standard InChI is InChI=1S/C10H20N2O/c1-4-5-8(2)12(3)9(13)10(11)6-7-10/h8H,4-7,11H2,1-3H3. The van der Waals surface area contributed by atoms with Crippen molar-refractivity contribution in [1.29, 1.82) is 0 Å². The molecule has 1 saturated carbocycles. The zero-order chi connectivity index (χ0) is 10.1. The highest BCUT2D eigenvalue weighted by atomic mass is 16.2. The lowest BCUT2D eigenvalue weighted by Gasteiger charge is -2.27. The average Bonchev–Trinajstić information content (AvgIpc) is 2.83. The van der Waals surface area contributed by atoms with Crippen LogP contribution in [0, 0.1) is 0 Å². The fourth-order valence-electron chi connectivity index (χ4n) is 1.51. The largest absolute Gasteiger partial charge is 0.341 e. The molecular formula is C10H20N2O. The molecule has 0 aromatic rings. The molecule has 0 radical (unpaired) electrons. The topological polar surface area (TPSA) is 46.3 Å². The van der Waals surface area contributed by atoms with Gasteiger partial charge in [0.05, 0.1) is 5.54 Å². The van der Waals surface area contributed by atoms with E-state index in [0.29, 0.717) is 6.04 Å². The van der Waals surface area contributed by atoms with Gasteiger partial charge in [-0.25, -0.2) is 0 Å². The van der Waals surface area contributed by atoms with Crippen molar-refractivity contribution in [3.8, 4) is 0 Å². The Morgan fingerprint density at radius 1 is 1.62 bits per heavy atom. The van der Waals surface area contributed by atoms with Crippen molar-refractivity contribution in [3.05, 3.63) is 0 Å². The fraction of sp³-hybridized carbons (Fsp3) is 0.900. The Balaban J connectivity index is 2.46. The molecule has 3 nitrogen and oxygen atoms in total. The Hall–Kier alpha value is -0.570. The van der Waals surface area contributed by atoms with Gasteiger partial charge >= 0.3 is 0 Å². The van der Waals surface area contributed by atoms with Crippen LogP contribution < -0.4 is 5.73 Å². The van der Waals surface area contributed by atoms with E-state index in [-0.39, 0.29) is 5.91 Å². The molecule has 3 heteroatoms. The second-order valence-corrected chi connectivity index (χ2v) is 4.21. The van der Waals surface area contributed by atoms with Gasteiger partial charge in [0.15, 0.2) is 0 Å². The van der Waals surface area contributed by atoms with E-state index in [0.717, 1.165) is 25.7 Å². The number of nitrogens with two attached hydrogens (primary N) is 1. The molecule has 1 atom stereocenters. The summed E-state index contributed by atoms with van der Waals surface area (Å²) in [5.74, 6) is 0.119. The summed E-state index contributed by atoms with van der Waals surface area (Å²) in [5.41, 5.74) is 5.33. The van der Waals surface area contributed by atoms with Crippen LogP contribution in [0.3, 0.4) is 0 Å². The van der Waals surface area contributed by atoms with Crippen molar-refractivity contribution in [2.24, 2.45) is 5.73 Å². The highest BCUT2D eigenvalue weighted by Crippen LogP contribution is 2.34. The van der Waals surface area contributed by atoms with Gasteiger partial charge < -0.3 is 10.6 Å². The minimum Gasteiger partial charge on any atom is -0.341 e. The number of carbonyl (C=O) groups excluding carboxylic acids is 1. The molecule has 2 N–H and O–H groups in total. The van der Waals surface area contributed by atoms with Crippen LogP contribution in [0.1, 0.15) is 39.5 Å². The van der Waals surface area contributed by atoms with Gasteiger partial charge in [-0.05, 0) is 26.2 Å². The van der Waals surface area contributed by atoms with Gasteiger partial charge in [0.1, 0.15) is 0 Å². The van der Waals surface area contributed by atoms with Crippen LogP contribution in [0.5, 0.6) is 0 Å². The Labute approximate surface area is 80.3 Å². The van der Waals surface area contributed by atoms with Crippen molar-refractivity contribution >= 4 is 5.91 Å². The Bertz CT molecular complexity index is 199. The smallest absolute Gasteiger partial charge is 0.242 e. The molecule has 1 fully saturated rings. The van der Waals surface area contributed by atoms with Crippen LogP contribution in [0.2, 0.25) is 0 Å². The minimum absolute atomic E-state index is 0.119. The first-order valence-corrected chi connectivity index (χ1v) is 5.07. The molecule has 1 aliphatic rings. The molecule has 1 rings (SSSR count). The minimum atomic E-state index is -0.503. The number of nitrogens with zero attached hydrogens (tertiary/aromatic N) is 1. The van der Waals surface area contributed by atoms with Crippen molar-refractivity contribution in [1.82, 2.24) is 4.90 Å². The molecule has 1 amide bonds. The van der Waals surface area contributed by atoms with Gasteiger partial charge in [-0.15, -0.1) is 0 Å². The maximum absolute atomic E-state index is 11.7. The Morgan fingerprint density at radius 3 is 2.54 bits per heavy atom. The summed E-state index contributed by atoms with van der Waals surface area (Å²) in [6, 6.07) is 0.318. The van der Waals surface area contributed by atoms with E-state index in [2.05, 4.69) is 13.8 Å². The van der Waals surface area contributed by atoms with Crippen LogP contribution in [0.4, 0.5) is 0 Å². The first-order valence-electron chi connectivity index (χ1n) is 5.07. The molecule has 0 spiro atoms. The summed E-state index contributed by atoms with van der Waals surface area (Å²) in [6.07, 6.45) is 3.87. The molecule has 13 heavy (non-hydrogen) atoms.